The van der Waals surface area contributed by atoms with Crippen molar-refractivity contribution in [2.24, 2.45) is 0 Å². The number of aromatic amines is 1. The zero-order valence-electron chi connectivity index (χ0n) is 9.32. The average Bonchev–Trinajstić information content (AvgIpc) is 2.76. The Morgan fingerprint density at radius 1 is 1.47 bits per heavy atom. The second-order valence-corrected chi connectivity index (χ2v) is 3.24. The number of nitrogens with zero attached hydrogens (tertiary/aromatic N) is 1. The molecule has 0 aromatic carbocycles. The van der Waals surface area contributed by atoms with E-state index < -0.39 is 0 Å². The highest BCUT2D eigenvalue weighted by Crippen LogP contribution is 1.94. The maximum Gasteiger partial charge on any atom is 0.169 e. The number of ether oxygens (including phenoxy) is 2. The maximum absolute atomic E-state index is 5.05. The first-order valence-corrected chi connectivity index (χ1v) is 5.11. The number of rotatable bonds is 8. The fourth-order valence-corrected chi connectivity index (χ4v) is 1.30. The van der Waals surface area contributed by atoms with E-state index in [0.717, 1.165) is 25.2 Å². The van der Waals surface area contributed by atoms with Gasteiger partial charge in [-0.3, -0.25) is 0 Å². The van der Waals surface area contributed by atoms with Crippen LogP contribution in [0.3, 0.4) is 0 Å². The SMILES string of the molecule is COC(CNCCCc1ncc[nH]1)OC. The molecule has 86 valence electrons. The van der Waals surface area contributed by atoms with E-state index in [9.17, 15) is 0 Å². The molecule has 2 N–H and O–H groups in total. The van der Waals surface area contributed by atoms with E-state index >= 15 is 0 Å². The van der Waals surface area contributed by atoms with E-state index in [4.69, 9.17) is 9.47 Å². The van der Waals surface area contributed by atoms with Gasteiger partial charge in [-0.25, -0.2) is 4.98 Å². The molecule has 1 aromatic heterocycles. The Bertz CT molecular complexity index is 235. The van der Waals surface area contributed by atoms with Crippen LogP contribution < -0.4 is 5.32 Å². The van der Waals surface area contributed by atoms with Gasteiger partial charge in [-0.05, 0) is 13.0 Å². The van der Waals surface area contributed by atoms with Crippen molar-refractivity contribution in [1.29, 1.82) is 0 Å². The Labute approximate surface area is 90.2 Å². The molecule has 0 saturated heterocycles. The molecule has 0 unspecified atom stereocenters. The second kappa shape index (κ2) is 7.39. The van der Waals surface area contributed by atoms with Gasteiger partial charge in [0.05, 0.1) is 0 Å². The summed E-state index contributed by atoms with van der Waals surface area (Å²) in [6.07, 6.45) is 5.47. The second-order valence-electron chi connectivity index (χ2n) is 3.24. The largest absolute Gasteiger partial charge is 0.355 e. The zero-order chi connectivity index (χ0) is 10.9. The molecule has 5 nitrogen and oxygen atoms in total. The third-order valence-corrected chi connectivity index (χ3v) is 2.16. The quantitative estimate of drug-likeness (QED) is 0.489. The van der Waals surface area contributed by atoms with Gasteiger partial charge in [0.15, 0.2) is 6.29 Å². The number of hydrogen-bond donors (Lipinski definition) is 2. The lowest BCUT2D eigenvalue weighted by atomic mass is 10.3. The highest BCUT2D eigenvalue weighted by atomic mass is 16.7. The molecule has 0 bridgehead atoms. The first-order valence-electron chi connectivity index (χ1n) is 5.11. The third kappa shape index (κ3) is 4.92. The molecule has 0 fully saturated rings. The Morgan fingerprint density at radius 3 is 2.87 bits per heavy atom. The van der Waals surface area contributed by atoms with Crippen molar-refractivity contribution >= 4 is 0 Å². The summed E-state index contributed by atoms with van der Waals surface area (Å²) in [7, 11) is 3.28. The fraction of sp³-hybridized carbons (Fsp3) is 0.700. The molecule has 0 aliphatic heterocycles. The number of aryl methyl sites for hydroxylation is 1. The van der Waals surface area contributed by atoms with E-state index in [1.54, 1.807) is 20.4 Å². The molecule has 1 aromatic rings. The summed E-state index contributed by atoms with van der Waals surface area (Å²) in [5.74, 6) is 1.03. The molecule has 0 radical (unpaired) electrons. The van der Waals surface area contributed by atoms with Crippen molar-refractivity contribution in [2.75, 3.05) is 27.3 Å². The van der Waals surface area contributed by atoms with Gasteiger partial charge in [0, 0.05) is 39.6 Å². The van der Waals surface area contributed by atoms with Crippen LogP contribution in [0.15, 0.2) is 12.4 Å². The van der Waals surface area contributed by atoms with Crippen molar-refractivity contribution in [2.45, 2.75) is 19.1 Å². The normalized spacial score (nSPS) is 11.1. The minimum atomic E-state index is -0.159. The van der Waals surface area contributed by atoms with Crippen molar-refractivity contribution in [3.8, 4) is 0 Å². The smallest absolute Gasteiger partial charge is 0.169 e. The van der Waals surface area contributed by atoms with Crippen LogP contribution in [0.5, 0.6) is 0 Å². The molecule has 0 aliphatic rings. The van der Waals surface area contributed by atoms with Gasteiger partial charge in [0.1, 0.15) is 5.82 Å². The monoisotopic (exact) mass is 213 g/mol. The first kappa shape index (κ1) is 12.2. The van der Waals surface area contributed by atoms with E-state index in [1.165, 1.54) is 0 Å². The standard InChI is InChI=1S/C10H19N3O2/c1-14-10(15-2)8-11-5-3-4-9-12-6-7-13-9/h6-7,10-11H,3-5,8H2,1-2H3,(H,12,13). The van der Waals surface area contributed by atoms with Crippen molar-refractivity contribution < 1.29 is 9.47 Å². The molecule has 0 atom stereocenters. The van der Waals surface area contributed by atoms with Gasteiger partial charge in [-0.15, -0.1) is 0 Å². The lowest BCUT2D eigenvalue weighted by Gasteiger charge is -2.13. The van der Waals surface area contributed by atoms with Crippen LogP contribution >= 0.6 is 0 Å². The molecule has 5 heteroatoms. The summed E-state index contributed by atoms with van der Waals surface area (Å²) in [5.41, 5.74) is 0. The minimum absolute atomic E-state index is 0.159. The molecular weight excluding hydrogens is 194 g/mol. The summed E-state index contributed by atoms with van der Waals surface area (Å²) >= 11 is 0. The van der Waals surface area contributed by atoms with Crippen LogP contribution in [0.1, 0.15) is 12.2 Å². The molecule has 0 saturated carbocycles. The summed E-state index contributed by atoms with van der Waals surface area (Å²) < 4.78 is 10.1. The lowest BCUT2D eigenvalue weighted by molar-refractivity contribution is -0.0986. The molecule has 0 aliphatic carbocycles. The zero-order valence-corrected chi connectivity index (χ0v) is 9.32. The van der Waals surface area contributed by atoms with Gasteiger partial charge in [0.2, 0.25) is 0 Å². The van der Waals surface area contributed by atoms with E-state index in [2.05, 4.69) is 15.3 Å². The fourth-order valence-electron chi connectivity index (χ4n) is 1.30. The van der Waals surface area contributed by atoms with Gasteiger partial charge >= 0.3 is 0 Å². The van der Waals surface area contributed by atoms with Crippen LogP contribution in [0, 0.1) is 0 Å². The van der Waals surface area contributed by atoms with Gasteiger partial charge in [-0.1, -0.05) is 0 Å². The number of methoxy groups -OCH3 is 2. The summed E-state index contributed by atoms with van der Waals surface area (Å²) in [5, 5.41) is 3.26. The van der Waals surface area contributed by atoms with Crippen LogP contribution in [0.2, 0.25) is 0 Å². The van der Waals surface area contributed by atoms with Gasteiger partial charge in [-0.2, -0.15) is 0 Å². The van der Waals surface area contributed by atoms with E-state index in [1.807, 2.05) is 6.20 Å². The summed E-state index contributed by atoms with van der Waals surface area (Å²) in [6, 6.07) is 0. The highest BCUT2D eigenvalue weighted by Gasteiger charge is 2.02. The first-order chi connectivity index (χ1) is 7.36. The number of imidazole rings is 1. The van der Waals surface area contributed by atoms with E-state index in [-0.39, 0.29) is 6.29 Å². The number of hydrogen-bond acceptors (Lipinski definition) is 4. The average molecular weight is 213 g/mol. The predicted octanol–water partition coefficient (Wildman–Crippen LogP) is 0.551. The van der Waals surface area contributed by atoms with Crippen LogP contribution in [0.4, 0.5) is 0 Å². The van der Waals surface area contributed by atoms with Gasteiger partial charge < -0.3 is 19.8 Å². The van der Waals surface area contributed by atoms with Crippen molar-refractivity contribution in [3.05, 3.63) is 18.2 Å². The molecule has 15 heavy (non-hydrogen) atoms. The number of H-pyrrole nitrogens is 1. The summed E-state index contributed by atoms with van der Waals surface area (Å²) in [4.78, 5) is 7.22. The Hall–Kier alpha value is -0.910. The lowest BCUT2D eigenvalue weighted by Crippen LogP contribution is -2.30. The number of nitrogens with one attached hydrogen (secondary N) is 2. The Morgan fingerprint density at radius 2 is 2.27 bits per heavy atom. The summed E-state index contributed by atoms with van der Waals surface area (Å²) in [6.45, 7) is 1.65. The predicted molar refractivity (Wildman–Crippen MR) is 57.6 cm³/mol. The Balaban J connectivity index is 1.97. The third-order valence-electron chi connectivity index (χ3n) is 2.16. The molecule has 0 amide bonds. The Kier molecular flexibility index (Phi) is 5.99. The minimum Gasteiger partial charge on any atom is -0.355 e. The number of aromatic nitrogens is 2. The van der Waals surface area contributed by atoms with E-state index in [0.29, 0.717) is 6.54 Å². The highest BCUT2D eigenvalue weighted by molar-refractivity contribution is 4.86. The molecule has 0 spiro atoms. The maximum atomic E-state index is 5.05. The molecule has 1 rings (SSSR count). The molecule has 1 heterocycles. The van der Waals surface area contributed by atoms with Gasteiger partial charge in [0.25, 0.3) is 0 Å². The van der Waals surface area contributed by atoms with Crippen molar-refractivity contribution in [1.82, 2.24) is 15.3 Å². The van der Waals surface area contributed by atoms with Crippen molar-refractivity contribution in [3.63, 3.8) is 0 Å². The van der Waals surface area contributed by atoms with Crippen LogP contribution in [-0.2, 0) is 15.9 Å². The van der Waals surface area contributed by atoms with Crippen LogP contribution in [-0.4, -0.2) is 43.6 Å². The topological polar surface area (TPSA) is 59.2 Å². The molecular formula is C10H19N3O2. The van der Waals surface area contributed by atoms with Crippen LogP contribution in [0.25, 0.3) is 0 Å².